The molecule has 0 radical (unpaired) electrons. The number of carboxylic acids is 1. The van der Waals surface area contributed by atoms with Crippen molar-refractivity contribution in [2.45, 2.75) is 6.04 Å². The van der Waals surface area contributed by atoms with Crippen LogP contribution in [0.5, 0.6) is 0 Å². The van der Waals surface area contributed by atoms with Gasteiger partial charge in [-0.3, -0.25) is 4.79 Å². The lowest BCUT2D eigenvalue weighted by atomic mass is 10.0. The van der Waals surface area contributed by atoms with Crippen LogP contribution in [0.3, 0.4) is 0 Å². The van der Waals surface area contributed by atoms with E-state index in [9.17, 15) is 4.79 Å². The Labute approximate surface area is 97.1 Å². The average molecular weight is 234 g/mol. The summed E-state index contributed by atoms with van der Waals surface area (Å²) < 4.78 is 5.10. The van der Waals surface area contributed by atoms with Gasteiger partial charge in [-0.25, -0.2) is 9.97 Å². The van der Waals surface area contributed by atoms with E-state index in [4.69, 9.17) is 15.1 Å². The van der Waals surface area contributed by atoms with Crippen molar-refractivity contribution in [3.63, 3.8) is 0 Å². The first-order valence-corrected chi connectivity index (χ1v) is 5.00. The van der Waals surface area contributed by atoms with Gasteiger partial charge in [0.1, 0.15) is 12.0 Å². The van der Waals surface area contributed by atoms with Gasteiger partial charge in [0.25, 0.3) is 0 Å². The van der Waals surface area contributed by atoms with Crippen LogP contribution in [0.1, 0.15) is 5.69 Å². The van der Waals surface area contributed by atoms with E-state index in [2.05, 4.69) is 15.3 Å². The Morgan fingerprint density at radius 2 is 2.29 bits per heavy atom. The number of anilines is 1. The molecule has 2 rings (SSSR count). The third kappa shape index (κ3) is 2.32. The van der Waals surface area contributed by atoms with Crippen LogP contribution in [0.4, 0.5) is 5.82 Å². The summed E-state index contributed by atoms with van der Waals surface area (Å²) in [6.45, 7) is 0.438. The molecule has 2 unspecified atom stereocenters. The summed E-state index contributed by atoms with van der Waals surface area (Å²) in [4.78, 5) is 18.7. The van der Waals surface area contributed by atoms with E-state index < -0.39 is 17.9 Å². The minimum absolute atomic E-state index is 0.142. The molecule has 1 aliphatic rings. The highest BCUT2D eigenvalue weighted by molar-refractivity contribution is 5.72. The fraction of sp³-hybridized carbons (Fsp3) is 0.400. The summed E-state index contributed by atoms with van der Waals surface area (Å²) in [5.41, 5.74) is 0.142. The molecule has 7 nitrogen and oxygen atoms in total. The van der Waals surface area contributed by atoms with Gasteiger partial charge < -0.3 is 15.2 Å². The minimum atomic E-state index is -0.928. The predicted octanol–water partition coefficient (Wildman–Crippen LogP) is -0.140. The quantitative estimate of drug-likeness (QED) is 0.749. The van der Waals surface area contributed by atoms with Crippen LogP contribution in [-0.4, -0.2) is 40.3 Å². The molecule has 88 valence electrons. The minimum Gasteiger partial charge on any atom is -0.481 e. The summed E-state index contributed by atoms with van der Waals surface area (Å²) >= 11 is 0. The van der Waals surface area contributed by atoms with Gasteiger partial charge in [-0.05, 0) is 0 Å². The summed E-state index contributed by atoms with van der Waals surface area (Å²) in [7, 11) is 0. The zero-order chi connectivity index (χ0) is 12.3. The van der Waals surface area contributed by atoms with Gasteiger partial charge in [0.15, 0.2) is 11.5 Å². The molecule has 2 atom stereocenters. The summed E-state index contributed by atoms with van der Waals surface area (Å²) in [5, 5.41) is 20.7. The number of hydrogen-bond donors (Lipinski definition) is 2. The second kappa shape index (κ2) is 4.76. The zero-order valence-corrected chi connectivity index (χ0v) is 8.83. The van der Waals surface area contributed by atoms with Crippen LogP contribution < -0.4 is 5.32 Å². The Bertz CT molecular complexity index is 471. The number of nitriles is 1. The van der Waals surface area contributed by atoms with E-state index in [1.807, 2.05) is 6.07 Å². The van der Waals surface area contributed by atoms with Crippen LogP contribution in [0.15, 0.2) is 12.4 Å². The SMILES string of the molecule is N#Cc1nccnc1NC1COCC1C(=O)O. The molecule has 0 amide bonds. The van der Waals surface area contributed by atoms with Crippen molar-refractivity contribution >= 4 is 11.8 Å². The van der Waals surface area contributed by atoms with E-state index in [1.165, 1.54) is 12.4 Å². The number of aromatic nitrogens is 2. The van der Waals surface area contributed by atoms with E-state index in [0.29, 0.717) is 0 Å². The standard InChI is InChI=1S/C10H10N4O3/c11-3-7-9(13-2-1-12-7)14-8-5-17-4-6(8)10(15)16/h1-2,6,8H,4-5H2,(H,13,14)(H,15,16). The van der Waals surface area contributed by atoms with Crippen molar-refractivity contribution < 1.29 is 14.6 Å². The fourth-order valence-electron chi connectivity index (χ4n) is 1.64. The van der Waals surface area contributed by atoms with Gasteiger partial charge in [0, 0.05) is 12.4 Å². The largest absolute Gasteiger partial charge is 0.481 e. The topological polar surface area (TPSA) is 108 Å². The number of hydrogen-bond acceptors (Lipinski definition) is 6. The molecule has 17 heavy (non-hydrogen) atoms. The van der Waals surface area contributed by atoms with E-state index in [-0.39, 0.29) is 24.7 Å². The van der Waals surface area contributed by atoms with E-state index in [1.54, 1.807) is 0 Å². The van der Waals surface area contributed by atoms with Crippen molar-refractivity contribution in [1.29, 1.82) is 5.26 Å². The maximum atomic E-state index is 10.9. The van der Waals surface area contributed by atoms with Gasteiger partial charge in [0.05, 0.1) is 19.3 Å². The van der Waals surface area contributed by atoms with Crippen LogP contribution in [0.2, 0.25) is 0 Å². The predicted molar refractivity (Wildman–Crippen MR) is 56.1 cm³/mol. The average Bonchev–Trinajstić information content (AvgIpc) is 2.78. The first-order chi connectivity index (χ1) is 8.22. The Balaban J connectivity index is 2.15. The van der Waals surface area contributed by atoms with Crippen molar-refractivity contribution in [2.24, 2.45) is 5.92 Å². The molecule has 0 aliphatic carbocycles. The number of nitrogens with zero attached hydrogens (tertiary/aromatic N) is 3. The van der Waals surface area contributed by atoms with Crippen LogP contribution >= 0.6 is 0 Å². The summed E-state index contributed by atoms with van der Waals surface area (Å²) in [6, 6.07) is 1.50. The lowest BCUT2D eigenvalue weighted by Crippen LogP contribution is -2.33. The number of nitrogens with one attached hydrogen (secondary N) is 1. The maximum Gasteiger partial charge on any atom is 0.311 e. The van der Waals surface area contributed by atoms with Crippen molar-refractivity contribution in [2.75, 3.05) is 18.5 Å². The normalized spacial score (nSPS) is 23.0. The summed E-state index contributed by atoms with van der Waals surface area (Å²) in [6.07, 6.45) is 2.85. The molecular formula is C10H10N4O3. The highest BCUT2D eigenvalue weighted by atomic mass is 16.5. The molecule has 0 saturated carbocycles. The van der Waals surface area contributed by atoms with Crippen molar-refractivity contribution in [3.8, 4) is 6.07 Å². The van der Waals surface area contributed by atoms with Gasteiger partial charge in [-0.2, -0.15) is 5.26 Å². The number of ether oxygens (including phenoxy) is 1. The maximum absolute atomic E-state index is 10.9. The number of carboxylic acid groups (broad SMARTS) is 1. The zero-order valence-electron chi connectivity index (χ0n) is 8.83. The molecule has 1 aromatic rings. The van der Waals surface area contributed by atoms with Crippen molar-refractivity contribution in [1.82, 2.24) is 9.97 Å². The number of rotatable bonds is 3. The Kier molecular flexibility index (Phi) is 3.16. The van der Waals surface area contributed by atoms with Crippen LogP contribution in [-0.2, 0) is 9.53 Å². The monoisotopic (exact) mass is 234 g/mol. The molecule has 7 heteroatoms. The highest BCUT2D eigenvalue weighted by Crippen LogP contribution is 2.19. The van der Waals surface area contributed by atoms with Gasteiger partial charge in [0.2, 0.25) is 0 Å². The lowest BCUT2D eigenvalue weighted by molar-refractivity contribution is -0.141. The third-order valence-electron chi connectivity index (χ3n) is 2.52. The first-order valence-electron chi connectivity index (χ1n) is 5.00. The van der Waals surface area contributed by atoms with Gasteiger partial charge in [-0.1, -0.05) is 0 Å². The molecule has 2 heterocycles. The lowest BCUT2D eigenvalue weighted by Gasteiger charge is -2.16. The van der Waals surface area contributed by atoms with E-state index in [0.717, 1.165) is 0 Å². The smallest absolute Gasteiger partial charge is 0.311 e. The van der Waals surface area contributed by atoms with Crippen LogP contribution in [0.25, 0.3) is 0 Å². The van der Waals surface area contributed by atoms with Gasteiger partial charge >= 0.3 is 5.97 Å². The first kappa shape index (κ1) is 11.3. The molecule has 0 bridgehead atoms. The molecular weight excluding hydrogens is 224 g/mol. The van der Waals surface area contributed by atoms with Gasteiger partial charge in [-0.15, -0.1) is 0 Å². The Morgan fingerprint density at radius 3 is 3.00 bits per heavy atom. The number of aliphatic carboxylic acids is 1. The Hall–Kier alpha value is -2.20. The molecule has 1 fully saturated rings. The Morgan fingerprint density at radius 1 is 1.53 bits per heavy atom. The second-order valence-corrected chi connectivity index (χ2v) is 3.60. The molecule has 1 aromatic heterocycles. The molecule has 1 aliphatic heterocycles. The fourth-order valence-corrected chi connectivity index (χ4v) is 1.64. The van der Waals surface area contributed by atoms with Crippen molar-refractivity contribution in [3.05, 3.63) is 18.1 Å². The molecule has 1 saturated heterocycles. The number of carbonyl (C=O) groups is 1. The van der Waals surface area contributed by atoms with E-state index >= 15 is 0 Å². The molecule has 2 N–H and O–H groups in total. The molecule has 0 aromatic carbocycles. The molecule has 0 spiro atoms. The second-order valence-electron chi connectivity index (χ2n) is 3.60. The third-order valence-corrected chi connectivity index (χ3v) is 2.52. The highest BCUT2D eigenvalue weighted by Gasteiger charge is 2.34. The summed E-state index contributed by atoms with van der Waals surface area (Å²) in [5.74, 6) is -1.28. The van der Waals surface area contributed by atoms with Crippen LogP contribution in [0, 0.1) is 17.2 Å².